The van der Waals surface area contributed by atoms with E-state index in [1.807, 2.05) is 0 Å². The Hall–Kier alpha value is 1.23. The molecule has 4 heteroatoms. The molecule has 0 radical (unpaired) electrons. The van der Waals surface area contributed by atoms with Crippen LogP contribution in [-0.2, 0) is 24.7 Å². The van der Waals surface area contributed by atoms with Gasteiger partial charge in [0, 0.05) is 0 Å². The first kappa shape index (κ1) is 20.6. The van der Waals surface area contributed by atoms with Gasteiger partial charge in [-0.2, -0.15) is 0 Å². The van der Waals surface area contributed by atoms with Crippen LogP contribution in [0.5, 0.6) is 0 Å². The molecule has 1 rings (SSSR count). The SMILES string of the molecule is CCCCC1=CC[C]([Zr])=C1C.Cl.Cl.Cl. The Morgan fingerprint density at radius 2 is 1.86 bits per heavy atom. The third-order valence-corrected chi connectivity index (χ3v) is 3.71. The van der Waals surface area contributed by atoms with Crippen molar-refractivity contribution in [1.29, 1.82) is 0 Å². The third-order valence-electron chi connectivity index (χ3n) is 2.29. The van der Waals surface area contributed by atoms with Gasteiger partial charge in [-0.3, -0.25) is 0 Å². The predicted octanol–water partition coefficient (Wildman–Crippen LogP) is 4.59. The number of unbranched alkanes of at least 4 members (excludes halogenated alkanes) is 1. The fourth-order valence-electron chi connectivity index (χ4n) is 1.38. The molecule has 0 N–H and O–H groups in total. The summed E-state index contributed by atoms with van der Waals surface area (Å²) in [5.41, 5.74) is 3.22. The third kappa shape index (κ3) is 5.96. The molecular weight excluding hydrogens is 318 g/mol. The van der Waals surface area contributed by atoms with E-state index in [1.54, 1.807) is 39.1 Å². The van der Waals surface area contributed by atoms with Gasteiger partial charge in [0.2, 0.25) is 0 Å². The van der Waals surface area contributed by atoms with Gasteiger partial charge >= 0.3 is 84.8 Å². The molecule has 0 saturated carbocycles. The fraction of sp³-hybridized carbons (Fsp3) is 0.600. The van der Waals surface area contributed by atoms with Crippen LogP contribution in [0, 0.1) is 0 Å². The molecular formula is C10H18Cl3Zr. The van der Waals surface area contributed by atoms with Crippen molar-refractivity contribution in [1.82, 2.24) is 0 Å². The van der Waals surface area contributed by atoms with Gasteiger partial charge < -0.3 is 0 Å². The molecule has 0 amide bonds. The normalized spacial score (nSPS) is 13.6. The number of halogens is 3. The van der Waals surface area contributed by atoms with Gasteiger partial charge in [-0.15, -0.1) is 37.2 Å². The summed E-state index contributed by atoms with van der Waals surface area (Å²) in [6.07, 6.45) is 7.63. The number of rotatable bonds is 3. The summed E-state index contributed by atoms with van der Waals surface area (Å²) in [4.78, 5) is 0. The maximum Gasteiger partial charge on any atom is -0.147 e. The smallest absolute Gasteiger partial charge is 0.147 e. The molecule has 0 fully saturated rings. The maximum absolute atomic E-state index is 2.41. The number of hydrogen-bond donors (Lipinski definition) is 0. The van der Waals surface area contributed by atoms with Gasteiger partial charge in [-0.05, 0) is 0 Å². The Kier molecular flexibility index (Phi) is 15.8. The van der Waals surface area contributed by atoms with Gasteiger partial charge in [-0.1, -0.05) is 0 Å². The van der Waals surface area contributed by atoms with Crippen molar-refractivity contribution in [2.75, 3.05) is 0 Å². The summed E-state index contributed by atoms with van der Waals surface area (Å²) in [6.45, 7) is 4.53. The zero-order chi connectivity index (χ0) is 8.27. The Morgan fingerprint density at radius 3 is 2.21 bits per heavy atom. The predicted molar refractivity (Wildman–Crippen MR) is 66.7 cm³/mol. The summed E-state index contributed by atoms with van der Waals surface area (Å²) in [5.74, 6) is 0. The Bertz CT molecular complexity index is 209. The van der Waals surface area contributed by atoms with E-state index in [2.05, 4.69) is 19.9 Å². The Labute approximate surface area is 121 Å². The minimum Gasteiger partial charge on any atom is -0.147 e. The minimum atomic E-state index is 0. The molecule has 0 spiro atoms. The molecule has 0 aromatic heterocycles. The van der Waals surface area contributed by atoms with Gasteiger partial charge in [0.15, 0.2) is 0 Å². The average molecular weight is 336 g/mol. The molecule has 14 heavy (non-hydrogen) atoms. The first-order chi connectivity index (χ1) is 5.25. The van der Waals surface area contributed by atoms with E-state index in [4.69, 9.17) is 0 Å². The van der Waals surface area contributed by atoms with E-state index in [-0.39, 0.29) is 37.2 Å². The van der Waals surface area contributed by atoms with Gasteiger partial charge in [0.1, 0.15) is 0 Å². The standard InChI is InChI=1S/C10H15.3ClH.Zr/c1-3-4-7-10-8-5-6-9(10)2;;;;/h8H,3-5,7H2,1-2H3;3*1H;. The van der Waals surface area contributed by atoms with Crippen LogP contribution in [0.2, 0.25) is 0 Å². The second kappa shape index (κ2) is 10.7. The molecule has 0 atom stereocenters. The quantitative estimate of drug-likeness (QED) is 0.707. The Morgan fingerprint density at radius 1 is 1.29 bits per heavy atom. The van der Waals surface area contributed by atoms with E-state index < -0.39 is 0 Å². The van der Waals surface area contributed by atoms with E-state index in [9.17, 15) is 0 Å². The largest absolute Gasteiger partial charge is 0.147 e. The average Bonchev–Trinajstić information content (AvgIpc) is 2.31. The van der Waals surface area contributed by atoms with Crippen LogP contribution in [0.1, 0.15) is 39.5 Å². The van der Waals surface area contributed by atoms with E-state index in [0.717, 1.165) is 0 Å². The van der Waals surface area contributed by atoms with Crippen molar-refractivity contribution in [3.05, 3.63) is 20.5 Å². The van der Waals surface area contributed by atoms with Crippen molar-refractivity contribution in [3.8, 4) is 0 Å². The fourth-order valence-corrected chi connectivity index (χ4v) is 2.03. The minimum absolute atomic E-state index is 0. The summed E-state index contributed by atoms with van der Waals surface area (Å²) >= 11 is 1.61. The van der Waals surface area contributed by atoms with Crippen molar-refractivity contribution >= 4 is 37.2 Å². The van der Waals surface area contributed by atoms with Crippen molar-refractivity contribution < 1.29 is 24.7 Å². The molecule has 0 saturated heterocycles. The van der Waals surface area contributed by atoms with Gasteiger partial charge in [0.25, 0.3) is 0 Å². The second-order valence-corrected chi connectivity index (χ2v) is 4.62. The molecule has 0 aliphatic heterocycles. The summed E-state index contributed by atoms with van der Waals surface area (Å²) in [7, 11) is 0. The summed E-state index contributed by atoms with van der Waals surface area (Å²) < 4.78 is 1.66. The van der Waals surface area contributed by atoms with E-state index in [1.165, 1.54) is 25.7 Å². The topological polar surface area (TPSA) is 0 Å². The Balaban J connectivity index is -0.000000403. The molecule has 83 valence electrons. The number of hydrogen-bond acceptors (Lipinski definition) is 0. The van der Waals surface area contributed by atoms with Crippen LogP contribution in [0.15, 0.2) is 20.5 Å². The summed E-state index contributed by atoms with van der Waals surface area (Å²) in [6, 6.07) is 0. The summed E-state index contributed by atoms with van der Waals surface area (Å²) in [5, 5.41) is 0. The first-order valence-corrected chi connectivity index (χ1v) is 5.59. The molecule has 0 unspecified atom stereocenters. The molecule has 0 bridgehead atoms. The van der Waals surface area contributed by atoms with Gasteiger partial charge in [-0.25, -0.2) is 0 Å². The van der Waals surface area contributed by atoms with Crippen molar-refractivity contribution in [3.63, 3.8) is 0 Å². The van der Waals surface area contributed by atoms with Crippen LogP contribution in [0.4, 0.5) is 0 Å². The zero-order valence-corrected chi connectivity index (χ0v) is 13.5. The van der Waals surface area contributed by atoms with Crippen LogP contribution >= 0.6 is 37.2 Å². The molecule has 1 aliphatic rings. The van der Waals surface area contributed by atoms with Crippen molar-refractivity contribution in [2.45, 2.75) is 39.5 Å². The zero-order valence-electron chi connectivity index (χ0n) is 8.63. The van der Waals surface area contributed by atoms with Crippen LogP contribution in [0.25, 0.3) is 0 Å². The molecule has 0 heterocycles. The van der Waals surface area contributed by atoms with Crippen LogP contribution in [0.3, 0.4) is 0 Å². The first-order valence-electron chi connectivity index (χ1n) is 4.36. The molecule has 0 aromatic rings. The monoisotopic (exact) mass is 333 g/mol. The van der Waals surface area contributed by atoms with Gasteiger partial charge in [0.05, 0.1) is 0 Å². The van der Waals surface area contributed by atoms with E-state index in [0.29, 0.717) is 0 Å². The van der Waals surface area contributed by atoms with Crippen LogP contribution in [-0.4, -0.2) is 0 Å². The van der Waals surface area contributed by atoms with Crippen molar-refractivity contribution in [2.24, 2.45) is 0 Å². The van der Waals surface area contributed by atoms with E-state index >= 15 is 0 Å². The molecule has 0 nitrogen and oxygen atoms in total. The maximum atomic E-state index is 2.41. The number of allylic oxidation sites excluding steroid dienone is 4. The van der Waals surface area contributed by atoms with Crippen LogP contribution < -0.4 is 0 Å². The molecule has 1 aliphatic carbocycles. The second-order valence-electron chi connectivity index (χ2n) is 3.14. The molecule has 0 aromatic carbocycles.